The Hall–Kier alpha value is -1.35. The third-order valence-electron chi connectivity index (χ3n) is 7.03. The van der Waals surface area contributed by atoms with Crippen molar-refractivity contribution in [3.05, 3.63) is 35.9 Å². The van der Waals surface area contributed by atoms with E-state index in [4.69, 9.17) is 5.73 Å². The lowest BCUT2D eigenvalue weighted by Crippen LogP contribution is -2.50. The highest BCUT2D eigenvalue weighted by atomic mass is 16.2. The van der Waals surface area contributed by atoms with Crippen molar-refractivity contribution in [3.63, 3.8) is 0 Å². The van der Waals surface area contributed by atoms with Crippen LogP contribution >= 0.6 is 0 Å². The SMILES string of the molecule is CC1C(c2ccccc2)CCN1C(=O)C1CC2CCCC(C1)C2N. The fourth-order valence-corrected chi connectivity index (χ4v) is 5.62. The van der Waals surface area contributed by atoms with Crippen LogP contribution in [0.15, 0.2) is 30.3 Å². The molecule has 3 aliphatic rings. The maximum atomic E-state index is 13.2. The molecule has 1 saturated heterocycles. The van der Waals surface area contributed by atoms with E-state index in [0.29, 0.717) is 35.7 Å². The minimum absolute atomic E-state index is 0.220. The normalized spacial score (nSPS) is 39.0. The number of benzene rings is 1. The third-order valence-corrected chi connectivity index (χ3v) is 7.03. The zero-order valence-corrected chi connectivity index (χ0v) is 14.7. The zero-order chi connectivity index (χ0) is 16.7. The van der Waals surface area contributed by atoms with Crippen LogP contribution in [0, 0.1) is 17.8 Å². The van der Waals surface area contributed by atoms with E-state index < -0.39 is 0 Å². The van der Waals surface area contributed by atoms with E-state index in [-0.39, 0.29) is 5.92 Å². The molecule has 2 saturated carbocycles. The smallest absolute Gasteiger partial charge is 0.225 e. The number of carbonyl (C=O) groups excluding carboxylic acids is 1. The molecule has 2 aliphatic carbocycles. The molecule has 4 rings (SSSR count). The first kappa shape index (κ1) is 16.1. The van der Waals surface area contributed by atoms with Crippen LogP contribution in [-0.4, -0.2) is 29.4 Å². The minimum Gasteiger partial charge on any atom is -0.339 e. The predicted octanol–water partition coefficient (Wildman–Crippen LogP) is 3.54. The molecule has 3 heteroatoms. The van der Waals surface area contributed by atoms with Crippen LogP contribution in [0.5, 0.6) is 0 Å². The van der Waals surface area contributed by atoms with E-state index in [1.54, 1.807) is 0 Å². The van der Waals surface area contributed by atoms with Gasteiger partial charge in [0.2, 0.25) is 5.91 Å². The average Bonchev–Trinajstić information content (AvgIpc) is 2.96. The fraction of sp³-hybridized carbons (Fsp3) is 0.667. The maximum absolute atomic E-state index is 13.2. The monoisotopic (exact) mass is 326 g/mol. The summed E-state index contributed by atoms with van der Waals surface area (Å²) in [4.78, 5) is 15.4. The molecular weight excluding hydrogens is 296 g/mol. The molecule has 24 heavy (non-hydrogen) atoms. The number of hydrogen-bond acceptors (Lipinski definition) is 2. The van der Waals surface area contributed by atoms with Crippen molar-refractivity contribution in [1.29, 1.82) is 0 Å². The van der Waals surface area contributed by atoms with E-state index in [1.165, 1.54) is 24.8 Å². The first-order chi connectivity index (χ1) is 11.6. The molecular formula is C21H30N2O. The Morgan fingerprint density at radius 2 is 1.75 bits per heavy atom. The summed E-state index contributed by atoms with van der Waals surface area (Å²) in [5.74, 6) is 2.27. The Balaban J connectivity index is 1.46. The minimum atomic E-state index is 0.220. The summed E-state index contributed by atoms with van der Waals surface area (Å²) in [5, 5.41) is 0. The average molecular weight is 326 g/mol. The number of fused-ring (bicyclic) bond motifs is 2. The Bertz CT molecular complexity index is 573. The van der Waals surface area contributed by atoms with Gasteiger partial charge in [-0.2, -0.15) is 0 Å². The van der Waals surface area contributed by atoms with Gasteiger partial charge in [0, 0.05) is 30.5 Å². The van der Waals surface area contributed by atoms with Crippen molar-refractivity contribution in [3.8, 4) is 0 Å². The van der Waals surface area contributed by atoms with Crippen LogP contribution in [0.4, 0.5) is 0 Å². The van der Waals surface area contributed by atoms with Gasteiger partial charge in [0.05, 0.1) is 0 Å². The van der Waals surface area contributed by atoms with Crippen molar-refractivity contribution in [2.75, 3.05) is 6.54 Å². The number of rotatable bonds is 2. The maximum Gasteiger partial charge on any atom is 0.225 e. The summed E-state index contributed by atoms with van der Waals surface area (Å²) in [5.41, 5.74) is 7.78. The number of carbonyl (C=O) groups is 1. The molecule has 2 bridgehead atoms. The highest BCUT2D eigenvalue weighted by Crippen LogP contribution is 2.43. The molecule has 4 unspecified atom stereocenters. The van der Waals surface area contributed by atoms with Crippen LogP contribution in [-0.2, 0) is 4.79 Å². The summed E-state index contributed by atoms with van der Waals surface area (Å²) in [7, 11) is 0. The highest BCUT2D eigenvalue weighted by molar-refractivity contribution is 5.80. The van der Waals surface area contributed by atoms with Gasteiger partial charge in [0.25, 0.3) is 0 Å². The van der Waals surface area contributed by atoms with Gasteiger partial charge in [-0.25, -0.2) is 0 Å². The van der Waals surface area contributed by atoms with Crippen molar-refractivity contribution < 1.29 is 4.79 Å². The quantitative estimate of drug-likeness (QED) is 0.903. The lowest BCUT2D eigenvalue weighted by atomic mass is 9.65. The second-order valence-electron chi connectivity index (χ2n) is 8.27. The number of amides is 1. The number of nitrogens with zero attached hydrogens (tertiary/aromatic N) is 1. The van der Waals surface area contributed by atoms with Crippen molar-refractivity contribution >= 4 is 5.91 Å². The second-order valence-corrected chi connectivity index (χ2v) is 8.27. The van der Waals surface area contributed by atoms with Crippen molar-refractivity contribution in [1.82, 2.24) is 4.90 Å². The van der Waals surface area contributed by atoms with Gasteiger partial charge < -0.3 is 10.6 Å². The van der Waals surface area contributed by atoms with E-state index in [1.807, 2.05) is 0 Å². The Kier molecular flexibility index (Phi) is 4.38. The fourth-order valence-electron chi connectivity index (χ4n) is 5.62. The Labute approximate surface area is 145 Å². The van der Waals surface area contributed by atoms with Crippen LogP contribution in [0.25, 0.3) is 0 Å². The number of hydrogen-bond donors (Lipinski definition) is 1. The first-order valence-electron chi connectivity index (χ1n) is 9.76. The lowest BCUT2D eigenvalue weighted by molar-refractivity contribution is -0.139. The van der Waals surface area contributed by atoms with Crippen LogP contribution in [0.2, 0.25) is 0 Å². The number of likely N-dealkylation sites (tertiary alicyclic amines) is 1. The van der Waals surface area contributed by atoms with E-state index in [2.05, 4.69) is 42.2 Å². The topological polar surface area (TPSA) is 46.3 Å². The molecule has 3 fully saturated rings. The summed E-state index contributed by atoms with van der Waals surface area (Å²) in [6.45, 7) is 3.15. The molecule has 1 amide bonds. The third kappa shape index (κ3) is 2.77. The summed E-state index contributed by atoms with van der Waals surface area (Å²) >= 11 is 0. The van der Waals surface area contributed by atoms with Crippen molar-refractivity contribution in [2.45, 2.75) is 63.5 Å². The van der Waals surface area contributed by atoms with Gasteiger partial charge in [-0.3, -0.25) is 4.79 Å². The molecule has 1 aromatic carbocycles. The van der Waals surface area contributed by atoms with Gasteiger partial charge in [0.1, 0.15) is 0 Å². The Morgan fingerprint density at radius 3 is 2.42 bits per heavy atom. The summed E-state index contributed by atoms with van der Waals surface area (Å²) in [6.07, 6.45) is 6.90. The molecule has 0 spiro atoms. The van der Waals surface area contributed by atoms with Gasteiger partial charge >= 0.3 is 0 Å². The zero-order valence-electron chi connectivity index (χ0n) is 14.7. The molecule has 2 N–H and O–H groups in total. The van der Waals surface area contributed by atoms with Gasteiger partial charge in [-0.05, 0) is 56.4 Å². The van der Waals surface area contributed by atoms with Crippen LogP contribution in [0.3, 0.4) is 0 Å². The van der Waals surface area contributed by atoms with Gasteiger partial charge in [0.15, 0.2) is 0 Å². The molecule has 4 atom stereocenters. The molecule has 1 aromatic rings. The molecule has 1 aliphatic heterocycles. The standard InChI is InChI=1S/C21H30N2O/c1-14-19(15-6-3-2-4-7-15)10-11-23(14)21(24)18-12-16-8-5-9-17(13-18)20(16)22/h2-4,6-7,14,16-20H,5,8-13,22H2,1H3. The van der Waals surface area contributed by atoms with Crippen LogP contribution in [0.1, 0.15) is 56.9 Å². The Morgan fingerprint density at radius 1 is 1.08 bits per heavy atom. The number of nitrogens with two attached hydrogens (primary N) is 1. The predicted molar refractivity (Wildman–Crippen MR) is 96.5 cm³/mol. The van der Waals surface area contributed by atoms with Crippen LogP contribution < -0.4 is 5.73 Å². The second kappa shape index (κ2) is 6.51. The van der Waals surface area contributed by atoms with Gasteiger partial charge in [-0.15, -0.1) is 0 Å². The van der Waals surface area contributed by atoms with E-state index in [9.17, 15) is 4.79 Å². The largest absolute Gasteiger partial charge is 0.339 e. The van der Waals surface area contributed by atoms with Gasteiger partial charge in [-0.1, -0.05) is 36.8 Å². The van der Waals surface area contributed by atoms with Crippen molar-refractivity contribution in [2.24, 2.45) is 23.5 Å². The molecule has 1 heterocycles. The lowest BCUT2D eigenvalue weighted by Gasteiger charge is -2.44. The summed E-state index contributed by atoms with van der Waals surface area (Å²) in [6, 6.07) is 11.4. The van der Waals surface area contributed by atoms with E-state index in [0.717, 1.165) is 25.8 Å². The van der Waals surface area contributed by atoms with E-state index >= 15 is 0 Å². The first-order valence-corrected chi connectivity index (χ1v) is 9.76. The summed E-state index contributed by atoms with van der Waals surface area (Å²) < 4.78 is 0. The molecule has 130 valence electrons. The molecule has 0 radical (unpaired) electrons. The molecule has 3 nitrogen and oxygen atoms in total. The molecule has 0 aromatic heterocycles. The highest BCUT2D eigenvalue weighted by Gasteiger charge is 2.44.